The minimum Gasteiger partial charge on any atom is -0.379 e. The standard InChI is InChI=1S/C19H25NO3S/c1-13(2)23-12-8-11-20-18(21)16(15-9-6-5-7-10-15)17(19(20)22)24-14(3)4/h5-7,9-10,13-14H,8,11-12H2,1-4H3. The van der Waals surface area contributed by atoms with Gasteiger partial charge < -0.3 is 4.74 Å². The summed E-state index contributed by atoms with van der Waals surface area (Å²) in [6.45, 7) is 8.93. The zero-order valence-corrected chi connectivity index (χ0v) is 15.6. The molecule has 0 fully saturated rings. The molecule has 0 atom stereocenters. The number of hydrogen-bond donors (Lipinski definition) is 0. The van der Waals surface area contributed by atoms with Gasteiger partial charge >= 0.3 is 0 Å². The van der Waals surface area contributed by atoms with Crippen molar-refractivity contribution in [2.45, 2.75) is 45.5 Å². The lowest BCUT2D eigenvalue weighted by atomic mass is 10.1. The van der Waals surface area contributed by atoms with Crippen LogP contribution in [0.25, 0.3) is 5.57 Å². The molecule has 24 heavy (non-hydrogen) atoms. The van der Waals surface area contributed by atoms with Gasteiger partial charge in [0.15, 0.2) is 0 Å². The van der Waals surface area contributed by atoms with E-state index < -0.39 is 0 Å². The molecule has 0 bridgehead atoms. The predicted molar refractivity (Wildman–Crippen MR) is 98.5 cm³/mol. The minimum absolute atomic E-state index is 0.153. The van der Waals surface area contributed by atoms with Crippen LogP contribution in [0.1, 0.15) is 39.7 Å². The summed E-state index contributed by atoms with van der Waals surface area (Å²) in [6, 6.07) is 9.44. The van der Waals surface area contributed by atoms with Gasteiger partial charge in [-0.05, 0) is 25.8 Å². The van der Waals surface area contributed by atoms with Gasteiger partial charge in [-0.25, -0.2) is 0 Å². The summed E-state index contributed by atoms with van der Waals surface area (Å²) in [6.07, 6.45) is 0.803. The fraction of sp³-hybridized carbons (Fsp3) is 0.474. The molecule has 0 spiro atoms. The first-order valence-electron chi connectivity index (χ1n) is 8.36. The zero-order valence-electron chi connectivity index (χ0n) is 14.7. The normalized spacial score (nSPS) is 15.3. The second-order valence-electron chi connectivity index (χ2n) is 6.27. The lowest BCUT2D eigenvalue weighted by molar-refractivity contribution is -0.136. The molecule has 2 amide bonds. The third kappa shape index (κ3) is 4.48. The fourth-order valence-corrected chi connectivity index (χ4v) is 3.51. The Labute approximate surface area is 148 Å². The van der Waals surface area contributed by atoms with Crippen LogP contribution in [0.2, 0.25) is 0 Å². The molecular formula is C19H25NO3S. The highest BCUT2D eigenvalue weighted by atomic mass is 32.2. The summed E-state index contributed by atoms with van der Waals surface area (Å²) in [4.78, 5) is 27.5. The summed E-state index contributed by atoms with van der Waals surface area (Å²) in [7, 11) is 0. The maximum Gasteiger partial charge on any atom is 0.267 e. The van der Waals surface area contributed by atoms with Crippen molar-refractivity contribution in [3.8, 4) is 0 Å². The molecule has 0 saturated carbocycles. The number of amides is 2. The molecular weight excluding hydrogens is 322 g/mol. The molecule has 1 heterocycles. The smallest absolute Gasteiger partial charge is 0.267 e. The topological polar surface area (TPSA) is 46.6 Å². The number of benzene rings is 1. The number of rotatable bonds is 8. The molecule has 0 saturated heterocycles. The van der Waals surface area contributed by atoms with Crippen molar-refractivity contribution in [1.82, 2.24) is 4.90 Å². The van der Waals surface area contributed by atoms with Crippen LogP contribution in [0.3, 0.4) is 0 Å². The van der Waals surface area contributed by atoms with Crippen LogP contribution in [0.15, 0.2) is 35.2 Å². The molecule has 0 aromatic heterocycles. The molecule has 0 N–H and O–H groups in total. The van der Waals surface area contributed by atoms with Gasteiger partial charge in [-0.15, -0.1) is 11.8 Å². The maximum atomic E-state index is 12.8. The molecule has 1 aromatic carbocycles. The SMILES string of the molecule is CC(C)OCCCN1C(=O)C(SC(C)C)=C(c2ccccc2)C1=O. The van der Waals surface area contributed by atoms with E-state index in [0.717, 1.165) is 5.56 Å². The largest absolute Gasteiger partial charge is 0.379 e. The molecule has 5 heteroatoms. The van der Waals surface area contributed by atoms with Crippen LogP contribution in [-0.4, -0.2) is 41.2 Å². The van der Waals surface area contributed by atoms with Crippen molar-refractivity contribution in [2.75, 3.05) is 13.2 Å². The number of carbonyl (C=O) groups is 2. The highest BCUT2D eigenvalue weighted by Gasteiger charge is 2.39. The van der Waals surface area contributed by atoms with E-state index in [1.807, 2.05) is 58.0 Å². The van der Waals surface area contributed by atoms with Crippen LogP contribution in [0, 0.1) is 0 Å². The van der Waals surface area contributed by atoms with E-state index >= 15 is 0 Å². The van der Waals surface area contributed by atoms with Gasteiger partial charge in [-0.3, -0.25) is 14.5 Å². The van der Waals surface area contributed by atoms with E-state index in [1.54, 1.807) is 0 Å². The van der Waals surface area contributed by atoms with Crippen molar-refractivity contribution in [3.63, 3.8) is 0 Å². The Morgan fingerprint density at radius 3 is 2.29 bits per heavy atom. The number of thioether (sulfide) groups is 1. The highest BCUT2D eigenvalue weighted by Crippen LogP contribution is 2.37. The van der Waals surface area contributed by atoms with Crippen molar-refractivity contribution in [1.29, 1.82) is 0 Å². The van der Waals surface area contributed by atoms with Crippen LogP contribution >= 0.6 is 11.8 Å². The molecule has 4 nitrogen and oxygen atoms in total. The Morgan fingerprint density at radius 2 is 1.71 bits per heavy atom. The van der Waals surface area contributed by atoms with E-state index in [9.17, 15) is 9.59 Å². The van der Waals surface area contributed by atoms with Crippen molar-refractivity contribution >= 4 is 29.1 Å². The monoisotopic (exact) mass is 347 g/mol. The van der Waals surface area contributed by atoms with E-state index in [4.69, 9.17) is 4.74 Å². The van der Waals surface area contributed by atoms with Crippen LogP contribution in [0.4, 0.5) is 0 Å². The molecule has 0 unspecified atom stereocenters. The second-order valence-corrected chi connectivity index (χ2v) is 7.86. The number of ether oxygens (including phenoxy) is 1. The summed E-state index contributed by atoms with van der Waals surface area (Å²) in [5, 5.41) is 0.236. The lowest BCUT2D eigenvalue weighted by Gasteiger charge is -2.16. The van der Waals surface area contributed by atoms with Gasteiger partial charge in [0.2, 0.25) is 0 Å². The van der Waals surface area contributed by atoms with Gasteiger partial charge in [-0.1, -0.05) is 44.2 Å². The minimum atomic E-state index is -0.195. The van der Waals surface area contributed by atoms with Gasteiger partial charge in [0, 0.05) is 18.4 Å². The summed E-state index contributed by atoms with van der Waals surface area (Å²) < 4.78 is 5.51. The number of hydrogen-bond acceptors (Lipinski definition) is 4. The van der Waals surface area contributed by atoms with Crippen molar-refractivity contribution in [2.24, 2.45) is 0 Å². The maximum absolute atomic E-state index is 12.8. The number of carbonyl (C=O) groups excluding carboxylic acids is 2. The van der Waals surface area contributed by atoms with E-state index in [2.05, 4.69) is 0 Å². The Bertz CT molecular complexity index is 623. The Hall–Kier alpha value is -1.59. The molecule has 130 valence electrons. The van der Waals surface area contributed by atoms with Gasteiger partial charge in [-0.2, -0.15) is 0 Å². The average molecular weight is 347 g/mol. The number of imide groups is 1. The second kappa shape index (κ2) is 8.49. The van der Waals surface area contributed by atoms with E-state index in [-0.39, 0.29) is 23.2 Å². The average Bonchev–Trinajstić information content (AvgIpc) is 2.75. The predicted octanol–water partition coefficient (Wildman–Crippen LogP) is 3.72. The molecule has 1 aliphatic rings. The third-order valence-electron chi connectivity index (χ3n) is 3.52. The molecule has 1 aromatic rings. The van der Waals surface area contributed by atoms with Crippen molar-refractivity contribution < 1.29 is 14.3 Å². The molecule has 0 aliphatic carbocycles. The fourth-order valence-electron chi connectivity index (χ4n) is 2.50. The first-order chi connectivity index (χ1) is 11.4. The Morgan fingerprint density at radius 1 is 1.04 bits per heavy atom. The highest BCUT2D eigenvalue weighted by molar-refractivity contribution is 8.04. The van der Waals surface area contributed by atoms with E-state index in [1.165, 1.54) is 16.7 Å². The van der Waals surface area contributed by atoms with Gasteiger partial charge in [0.1, 0.15) is 0 Å². The molecule has 0 radical (unpaired) electrons. The van der Waals surface area contributed by atoms with E-state index in [0.29, 0.717) is 30.1 Å². The molecule has 2 rings (SSSR count). The van der Waals surface area contributed by atoms with Crippen molar-refractivity contribution in [3.05, 3.63) is 40.8 Å². The summed E-state index contributed by atoms with van der Waals surface area (Å²) in [5.74, 6) is -0.374. The summed E-state index contributed by atoms with van der Waals surface area (Å²) in [5.41, 5.74) is 1.34. The first-order valence-corrected chi connectivity index (χ1v) is 9.24. The Balaban J connectivity index is 2.20. The lowest BCUT2D eigenvalue weighted by Crippen LogP contribution is -2.33. The van der Waals surface area contributed by atoms with Gasteiger partial charge in [0.05, 0.1) is 16.6 Å². The third-order valence-corrected chi connectivity index (χ3v) is 4.60. The first kappa shape index (κ1) is 18.7. The molecule has 1 aliphatic heterocycles. The van der Waals surface area contributed by atoms with Gasteiger partial charge in [0.25, 0.3) is 11.8 Å². The Kier molecular flexibility index (Phi) is 6.63. The summed E-state index contributed by atoms with van der Waals surface area (Å²) >= 11 is 1.46. The van der Waals surface area contributed by atoms with Crippen LogP contribution in [0.5, 0.6) is 0 Å². The quantitative estimate of drug-likeness (QED) is 0.531. The van der Waals surface area contributed by atoms with Crippen LogP contribution in [-0.2, 0) is 14.3 Å². The number of nitrogens with zero attached hydrogens (tertiary/aromatic N) is 1. The van der Waals surface area contributed by atoms with Crippen LogP contribution < -0.4 is 0 Å². The zero-order chi connectivity index (χ0) is 17.7.